The van der Waals surface area contributed by atoms with Crippen LogP contribution in [0.25, 0.3) is 0 Å². The molecular formula is C18H20N4O2. The van der Waals surface area contributed by atoms with E-state index in [-0.39, 0.29) is 18.1 Å². The number of imidazole rings is 1. The first-order chi connectivity index (χ1) is 11.6. The largest absolute Gasteiger partial charge is 0.372 e. The fourth-order valence-electron chi connectivity index (χ4n) is 3.06. The zero-order valence-corrected chi connectivity index (χ0v) is 13.8. The lowest BCUT2D eigenvalue weighted by Crippen LogP contribution is -2.40. The second-order valence-corrected chi connectivity index (χ2v) is 6.13. The highest BCUT2D eigenvalue weighted by atomic mass is 16.5. The van der Waals surface area contributed by atoms with Crippen LogP contribution in [0.5, 0.6) is 0 Å². The fraction of sp³-hybridized carbons (Fsp3) is 0.389. The van der Waals surface area contributed by atoms with Crippen LogP contribution in [0.4, 0.5) is 0 Å². The van der Waals surface area contributed by atoms with Gasteiger partial charge in [-0.1, -0.05) is 0 Å². The van der Waals surface area contributed by atoms with Crippen molar-refractivity contribution in [3.8, 4) is 6.07 Å². The molecule has 2 aromatic rings. The van der Waals surface area contributed by atoms with Gasteiger partial charge in [-0.15, -0.1) is 0 Å². The number of carbonyl (C=O) groups excluding carboxylic acids is 1. The van der Waals surface area contributed by atoms with Crippen LogP contribution in [0.3, 0.4) is 0 Å². The molecule has 1 aliphatic heterocycles. The minimum atomic E-state index is -0.104. The van der Waals surface area contributed by atoms with Gasteiger partial charge in [0.25, 0.3) is 5.91 Å². The zero-order chi connectivity index (χ0) is 17.1. The van der Waals surface area contributed by atoms with Crippen LogP contribution in [0.2, 0.25) is 0 Å². The van der Waals surface area contributed by atoms with Crippen molar-refractivity contribution >= 4 is 5.91 Å². The van der Waals surface area contributed by atoms with E-state index in [1.165, 1.54) is 0 Å². The third-order valence-corrected chi connectivity index (χ3v) is 4.40. The number of nitrogens with zero attached hydrogens (tertiary/aromatic N) is 3. The molecule has 24 heavy (non-hydrogen) atoms. The molecule has 1 amide bonds. The van der Waals surface area contributed by atoms with Crippen molar-refractivity contribution in [1.29, 1.82) is 5.26 Å². The lowest BCUT2D eigenvalue weighted by Gasteiger charge is -2.30. The number of aryl methyl sites for hydroxylation is 2. The number of ether oxygens (including phenoxy) is 1. The molecule has 1 aromatic heterocycles. The van der Waals surface area contributed by atoms with E-state index in [0.717, 1.165) is 24.1 Å². The SMILES string of the molecule is Cc1cc(C#N)ccc1C(=O)N[C@H]1CCO[C@@H](c2cncn2C)C1. The lowest BCUT2D eigenvalue weighted by atomic mass is 9.99. The minimum absolute atomic E-state index is 0.0567. The number of hydrogen-bond acceptors (Lipinski definition) is 4. The number of hydrogen-bond donors (Lipinski definition) is 1. The molecule has 0 unspecified atom stereocenters. The smallest absolute Gasteiger partial charge is 0.251 e. The third kappa shape index (κ3) is 3.31. The summed E-state index contributed by atoms with van der Waals surface area (Å²) in [5.74, 6) is -0.104. The summed E-state index contributed by atoms with van der Waals surface area (Å²) in [5.41, 5.74) is 2.99. The van der Waals surface area contributed by atoms with Crippen molar-refractivity contribution in [2.24, 2.45) is 7.05 Å². The first-order valence-corrected chi connectivity index (χ1v) is 7.98. The topological polar surface area (TPSA) is 79.9 Å². The van der Waals surface area contributed by atoms with E-state index in [1.54, 1.807) is 30.7 Å². The molecule has 1 saturated heterocycles. The zero-order valence-electron chi connectivity index (χ0n) is 13.8. The molecule has 124 valence electrons. The van der Waals surface area contributed by atoms with Gasteiger partial charge in [-0.3, -0.25) is 4.79 Å². The second-order valence-electron chi connectivity index (χ2n) is 6.13. The number of amides is 1. The minimum Gasteiger partial charge on any atom is -0.372 e. The Bertz CT molecular complexity index is 791. The number of nitrogens with one attached hydrogen (secondary N) is 1. The monoisotopic (exact) mass is 324 g/mol. The Morgan fingerprint density at radius 2 is 2.33 bits per heavy atom. The molecule has 1 N–H and O–H groups in total. The highest BCUT2D eigenvalue weighted by Crippen LogP contribution is 2.27. The van der Waals surface area contributed by atoms with Gasteiger partial charge in [0.1, 0.15) is 6.10 Å². The summed E-state index contributed by atoms with van der Waals surface area (Å²) in [5, 5.41) is 12.0. The molecule has 0 bridgehead atoms. The van der Waals surface area contributed by atoms with Gasteiger partial charge in [-0.05, 0) is 43.5 Å². The highest BCUT2D eigenvalue weighted by Gasteiger charge is 2.27. The van der Waals surface area contributed by atoms with Crippen LogP contribution in [-0.4, -0.2) is 28.1 Å². The molecule has 1 aromatic carbocycles. The maximum atomic E-state index is 12.5. The van der Waals surface area contributed by atoms with E-state index in [2.05, 4.69) is 16.4 Å². The van der Waals surface area contributed by atoms with E-state index in [0.29, 0.717) is 17.7 Å². The Labute approximate surface area is 141 Å². The molecule has 6 heteroatoms. The third-order valence-electron chi connectivity index (χ3n) is 4.40. The maximum absolute atomic E-state index is 12.5. The van der Waals surface area contributed by atoms with Crippen LogP contribution >= 0.6 is 0 Å². The van der Waals surface area contributed by atoms with Crippen LogP contribution < -0.4 is 5.32 Å². The number of rotatable bonds is 3. The van der Waals surface area contributed by atoms with Gasteiger partial charge in [-0.2, -0.15) is 5.26 Å². The lowest BCUT2D eigenvalue weighted by molar-refractivity contribution is -0.00302. The molecule has 0 saturated carbocycles. The number of nitriles is 1. The predicted molar refractivity (Wildman–Crippen MR) is 88.3 cm³/mol. The summed E-state index contributed by atoms with van der Waals surface area (Å²) in [7, 11) is 1.94. The highest BCUT2D eigenvalue weighted by molar-refractivity contribution is 5.96. The van der Waals surface area contributed by atoms with Crippen LogP contribution in [0, 0.1) is 18.3 Å². The van der Waals surface area contributed by atoms with Gasteiger partial charge >= 0.3 is 0 Å². The Balaban J connectivity index is 1.68. The number of benzene rings is 1. The molecular weight excluding hydrogens is 304 g/mol. The average molecular weight is 324 g/mol. The Morgan fingerprint density at radius 3 is 3.00 bits per heavy atom. The molecule has 1 fully saturated rings. The van der Waals surface area contributed by atoms with Gasteiger partial charge in [0, 0.05) is 25.3 Å². The van der Waals surface area contributed by atoms with E-state index >= 15 is 0 Å². The average Bonchev–Trinajstić information content (AvgIpc) is 3.01. The van der Waals surface area contributed by atoms with Crippen LogP contribution in [-0.2, 0) is 11.8 Å². The molecule has 3 rings (SSSR count). The summed E-state index contributed by atoms with van der Waals surface area (Å²) in [6.07, 6.45) is 5.01. The molecule has 0 radical (unpaired) electrons. The quantitative estimate of drug-likeness (QED) is 0.939. The molecule has 6 nitrogen and oxygen atoms in total. The number of carbonyl (C=O) groups is 1. The van der Waals surface area contributed by atoms with Crippen LogP contribution in [0.1, 0.15) is 46.1 Å². The van der Waals surface area contributed by atoms with Crippen molar-refractivity contribution in [2.45, 2.75) is 31.9 Å². The summed E-state index contributed by atoms with van der Waals surface area (Å²) in [4.78, 5) is 16.7. The second kappa shape index (κ2) is 6.85. The Hall–Kier alpha value is -2.65. The van der Waals surface area contributed by atoms with Gasteiger partial charge in [0.05, 0.1) is 29.9 Å². The van der Waals surface area contributed by atoms with E-state index in [1.807, 2.05) is 18.5 Å². The summed E-state index contributed by atoms with van der Waals surface area (Å²) >= 11 is 0. The number of aromatic nitrogens is 2. The molecule has 2 heterocycles. The van der Waals surface area contributed by atoms with E-state index in [4.69, 9.17) is 10.00 Å². The van der Waals surface area contributed by atoms with Crippen molar-refractivity contribution in [3.05, 3.63) is 53.1 Å². The summed E-state index contributed by atoms with van der Waals surface area (Å²) in [6.45, 7) is 2.45. The predicted octanol–water partition coefficient (Wildman–Crippen LogP) is 2.25. The van der Waals surface area contributed by atoms with Gasteiger partial charge in [0.15, 0.2) is 0 Å². The maximum Gasteiger partial charge on any atom is 0.251 e. The van der Waals surface area contributed by atoms with Gasteiger partial charge in [-0.25, -0.2) is 4.98 Å². The normalized spacial score (nSPS) is 20.4. The Morgan fingerprint density at radius 1 is 1.50 bits per heavy atom. The fourth-order valence-corrected chi connectivity index (χ4v) is 3.06. The summed E-state index contributed by atoms with van der Waals surface area (Å²) in [6, 6.07) is 7.26. The first kappa shape index (κ1) is 16.2. The van der Waals surface area contributed by atoms with E-state index < -0.39 is 0 Å². The van der Waals surface area contributed by atoms with Crippen molar-refractivity contribution < 1.29 is 9.53 Å². The summed E-state index contributed by atoms with van der Waals surface area (Å²) < 4.78 is 7.77. The first-order valence-electron chi connectivity index (χ1n) is 7.98. The van der Waals surface area contributed by atoms with Crippen molar-refractivity contribution in [1.82, 2.24) is 14.9 Å². The molecule has 0 spiro atoms. The standard InChI is InChI=1S/C18H20N4O2/c1-12-7-13(9-19)3-4-15(12)18(23)21-14-5-6-24-17(8-14)16-10-20-11-22(16)2/h3-4,7,10-11,14,17H,5-6,8H2,1-2H3,(H,21,23)/t14-,17+/m0/s1. The van der Waals surface area contributed by atoms with Crippen LogP contribution in [0.15, 0.2) is 30.7 Å². The molecule has 2 atom stereocenters. The Kier molecular flexibility index (Phi) is 4.63. The molecule has 1 aliphatic rings. The van der Waals surface area contributed by atoms with Gasteiger partial charge < -0.3 is 14.6 Å². The van der Waals surface area contributed by atoms with E-state index in [9.17, 15) is 4.79 Å². The molecule has 0 aliphatic carbocycles. The van der Waals surface area contributed by atoms with Gasteiger partial charge in [0.2, 0.25) is 0 Å². The van der Waals surface area contributed by atoms with Crippen molar-refractivity contribution in [3.63, 3.8) is 0 Å². The van der Waals surface area contributed by atoms with Crippen molar-refractivity contribution in [2.75, 3.05) is 6.61 Å².